The summed E-state index contributed by atoms with van der Waals surface area (Å²) >= 11 is 0. The van der Waals surface area contributed by atoms with E-state index < -0.39 is 17.8 Å². The molecular weight excluding hydrogens is 375 g/mol. The fourth-order valence-electron chi connectivity index (χ4n) is 2.70. The lowest BCUT2D eigenvalue weighted by atomic mass is 10.1. The largest absolute Gasteiger partial charge is 0.435 e. The fraction of sp³-hybridized carbons (Fsp3) is 0.333. The molecule has 0 aliphatic carbocycles. The first-order chi connectivity index (χ1) is 13.3. The van der Waals surface area contributed by atoms with E-state index in [9.17, 15) is 18.0 Å². The van der Waals surface area contributed by atoms with Crippen LogP contribution in [0.2, 0.25) is 0 Å². The van der Waals surface area contributed by atoms with Crippen LogP contribution in [0, 0.1) is 0 Å². The lowest BCUT2D eigenvalue weighted by Gasteiger charge is -2.29. The smallest absolute Gasteiger partial charge is 0.378 e. The number of anilines is 1. The van der Waals surface area contributed by atoms with Crippen LogP contribution in [0.1, 0.15) is 11.3 Å². The molecule has 1 aliphatic heterocycles. The van der Waals surface area contributed by atoms with Gasteiger partial charge in [-0.3, -0.25) is 20.3 Å². The number of benzene rings is 1. The maximum Gasteiger partial charge on any atom is 0.435 e. The molecule has 0 unspecified atom stereocenters. The summed E-state index contributed by atoms with van der Waals surface area (Å²) in [6, 6.07) is 8.47. The maximum absolute atomic E-state index is 12.5. The summed E-state index contributed by atoms with van der Waals surface area (Å²) < 4.78 is 43.8. The summed E-state index contributed by atoms with van der Waals surface area (Å²) in [6.07, 6.45) is -3.44. The summed E-state index contributed by atoms with van der Waals surface area (Å²) in [6.45, 7) is 6.55. The van der Waals surface area contributed by atoms with Crippen LogP contribution in [0.4, 0.5) is 18.9 Å². The highest BCUT2D eigenvalue weighted by Gasteiger charge is 2.33. The van der Waals surface area contributed by atoms with Crippen LogP contribution >= 0.6 is 0 Å². The Labute approximate surface area is 159 Å². The zero-order chi connectivity index (χ0) is 20.1. The second kappa shape index (κ2) is 8.34. The van der Waals surface area contributed by atoms with E-state index in [0.29, 0.717) is 18.9 Å². The van der Waals surface area contributed by atoms with Crippen molar-refractivity contribution in [1.82, 2.24) is 20.6 Å². The number of hydrogen-bond acceptors (Lipinski definition) is 5. The van der Waals surface area contributed by atoms with Gasteiger partial charge in [0.2, 0.25) is 0 Å². The van der Waals surface area contributed by atoms with Crippen molar-refractivity contribution >= 4 is 17.3 Å². The zero-order valence-corrected chi connectivity index (χ0v) is 15.0. The van der Waals surface area contributed by atoms with Gasteiger partial charge in [-0.05, 0) is 23.8 Å². The monoisotopic (exact) mass is 395 g/mol. The van der Waals surface area contributed by atoms with Gasteiger partial charge in [0.15, 0.2) is 5.69 Å². The highest BCUT2D eigenvalue weighted by Crippen LogP contribution is 2.27. The van der Waals surface area contributed by atoms with Crippen LogP contribution in [0.25, 0.3) is 5.70 Å². The first kappa shape index (κ1) is 19.7. The minimum absolute atomic E-state index is 0.355. The summed E-state index contributed by atoms with van der Waals surface area (Å²) in [5.41, 5.74) is 6.32. The van der Waals surface area contributed by atoms with Crippen molar-refractivity contribution in [2.45, 2.75) is 12.7 Å². The van der Waals surface area contributed by atoms with Crippen molar-refractivity contribution in [3.05, 3.63) is 54.4 Å². The Balaban J connectivity index is 1.49. The molecule has 3 rings (SSSR count). The molecule has 150 valence electrons. The molecule has 10 heteroatoms. The molecule has 28 heavy (non-hydrogen) atoms. The minimum atomic E-state index is -4.54. The van der Waals surface area contributed by atoms with Crippen LogP contribution in [0.5, 0.6) is 0 Å². The number of nitrogens with one attached hydrogen (secondary N) is 2. The van der Waals surface area contributed by atoms with Crippen molar-refractivity contribution in [3.8, 4) is 0 Å². The molecule has 1 saturated heterocycles. The Morgan fingerprint density at radius 2 is 1.82 bits per heavy atom. The maximum atomic E-state index is 12.5. The predicted octanol–water partition coefficient (Wildman–Crippen LogP) is 2.03. The van der Waals surface area contributed by atoms with Crippen LogP contribution in [-0.2, 0) is 22.3 Å². The molecule has 2 N–H and O–H groups in total. The summed E-state index contributed by atoms with van der Waals surface area (Å²) in [4.78, 5) is 14.1. The first-order valence-corrected chi connectivity index (χ1v) is 8.60. The third-order valence-electron chi connectivity index (χ3n) is 4.18. The Morgan fingerprint density at radius 1 is 1.14 bits per heavy atom. The molecule has 2 aromatic rings. The lowest BCUT2D eigenvalue weighted by Crippen LogP contribution is -2.38. The first-order valence-electron chi connectivity index (χ1n) is 8.60. The lowest BCUT2D eigenvalue weighted by molar-refractivity contribution is -0.141. The normalized spacial score (nSPS) is 14.6. The van der Waals surface area contributed by atoms with Crippen LogP contribution in [0.3, 0.4) is 0 Å². The van der Waals surface area contributed by atoms with Crippen LogP contribution < -0.4 is 15.8 Å². The van der Waals surface area contributed by atoms with Crippen molar-refractivity contribution in [2.75, 3.05) is 31.2 Å². The molecule has 0 radical (unpaired) electrons. The van der Waals surface area contributed by atoms with Gasteiger partial charge < -0.3 is 9.64 Å². The molecule has 7 nitrogen and oxygen atoms in total. The average Bonchev–Trinajstić information content (AvgIpc) is 3.16. The number of alkyl halides is 3. The molecular formula is C18H20F3N5O2. The Bertz CT molecular complexity index is 826. The average molecular weight is 395 g/mol. The molecule has 1 aliphatic rings. The number of amides is 1. The number of halogens is 3. The van der Waals surface area contributed by atoms with E-state index in [1.165, 1.54) is 0 Å². The Kier molecular flexibility index (Phi) is 5.88. The van der Waals surface area contributed by atoms with Gasteiger partial charge >= 0.3 is 6.18 Å². The third-order valence-corrected chi connectivity index (χ3v) is 4.18. The molecule has 2 heterocycles. The molecule has 1 aromatic heterocycles. The van der Waals surface area contributed by atoms with Gasteiger partial charge in [-0.2, -0.15) is 18.3 Å². The van der Waals surface area contributed by atoms with E-state index in [1.807, 2.05) is 24.3 Å². The van der Waals surface area contributed by atoms with Gasteiger partial charge in [0, 0.05) is 25.0 Å². The van der Waals surface area contributed by atoms with E-state index in [2.05, 4.69) is 27.4 Å². The van der Waals surface area contributed by atoms with Crippen LogP contribution in [0.15, 0.2) is 43.1 Å². The Hall–Kier alpha value is -3.01. The number of nitrogens with zero attached hydrogens (tertiary/aromatic N) is 3. The number of carbonyl (C=O) groups is 1. The molecule has 1 amide bonds. The standard InChI is InChI=1S/C18H20F3N5O2/c1-13(14-2-4-15(5-3-14)25-8-10-28-11-9-25)22-23-17(27)12-26-7-6-16(24-26)18(19,20)21/h2-7,22H,1,8-12H2,(H,23,27). The van der Waals surface area contributed by atoms with Gasteiger partial charge in [0.05, 0.1) is 18.9 Å². The van der Waals surface area contributed by atoms with Gasteiger partial charge in [-0.1, -0.05) is 18.7 Å². The van der Waals surface area contributed by atoms with E-state index in [4.69, 9.17) is 4.74 Å². The number of carbonyl (C=O) groups excluding carboxylic acids is 1. The van der Waals surface area contributed by atoms with Crippen LogP contribution in [-0.4, -0.2) is 42.0 Å². The van der Waals surface area contributed by atoms with Crippen molar-refractivity contribution in [1.29, 1.82) is 0 Å². The number of aromatic nitrogens is 2. The quantitative estimate of drug-likeness (QED) is 0.733. The second-order valence-electron chi connectivity index (χ2n) is 6.19. The second-order valence-corrected chi connectivity index (χ2v) is 6.19. The van der Waals surface area contributed by atoms with E-state index in [-0.39, 0.29) is 6.54 Å². The molecule has 0 spiro atoms. The summed E-state index contributed by atoms with van der Waals surface area (Å²) in [5, 5.41) is 3.33. The number of hydrazine groups is 1. The molecule has 0 atom stereocenters. The topological polar surface area (TPSA) is 71.4 Å². The number of rotatable bonds is 6. The highest BCUT2D eigenvalue weighted by molar-refractivity contribution is 5.77. The van der Waals surface area contributed by atoms with Gasteiger partial charge in [-0.25, -0.2) is 0 Å². The number of hydrogen-bond donors (Lipinski definition) is 2. The predicted molar refractivity (Wildman–Crippen MR) is 97.0 cm³/mol. The molecule has 1 fully saturated rings. The van der Waals surface area contributed by atoms with E-state index in [0.717, 1.165) is 41.3 Å². The molecule has 1 aromatic carbocycles. The number of ether oxygens (including phenoxy) is 1. The van der Waals surface area contributed by atoms with Gasteiger partial charge in [0.25, 0.3) is 5.91 Å². The molecule has 0 saturated carbocycles. The van der Waals surface area contributed by atoms with Crippen molar-refractivity contribution in [2.24, 2.45) is 0 Å². The summed E-state index contributed by atoms with van der Waals surface area (Å²) in [5.74, 6) is -0.553. The van der Waals surface area contributed by atoms with E-state index >= 15 is 0 Å². The minimum Gasteiger partial charge on any atom is -0.378 e. The van der Waals surface area contributed by atoms with Crippen molar-refractivity contribution < 1.29 is 22.7 Å². The fourth-order valence-corrected chi connectivity index (χ4v) is 2.70. The number of morpholine rings is 1. The highest BCUT2D eigenvalue weighted by atomic mass is 19.4. The zero-order valence-electron chi connectivity index (χ0n) is 15.0. The summed E-state index contributed by atoms with van der Waals surface area (Å²) in [7, 11) is 0. The van der Waals surface area contributed by atoms with E-state index in [1.54, 1.807) is 0 Å². The van der Waals surface area contributed by atoms with Crippen molar-refractivity contribution in [3.63, 3.8) is 0 Å². The van der Waals surface area contributed by atoms with Gasteiger partial charge in [-0.15, -0.1) is 0 Å². The Morgan fingerprint density at radius 3 is 2.43 bits per heavy atom. The SMILES string of the molecule is C=C(NNC(=O)Cn1ccc(C(F)(F)F)n1)c1ccc(N2CCOCC2)cc1. The van der Waals surface area contributed by atoms with Gasteiger partial charge in [0.1, 0.15) is 6.54 Å². The third kappa shape index (κ3) is 5.03. The molecule has 0 bridgehead atoms.